The molecular formula is C25H28N4O5. The third-order valence-corrected chi connectivity index (χ3v) is 6.19. The predicted octanol–water partition coefficient (Wildman–Crippen LogP) is 1.74. The van der Waals surface area contributed by atoms with E-state index in [-0.39, 0.29) is 12.5 Å². The highest BCUT2D eigenvalue weighted by Crippen LogP contribution is 2.24. The highest BCUT2D eigenvalue weighted by molar-refractivity contribution is 5.82. The average molecular weight is 465 g/mol. The molecule has 1 aliphatic heterocycles. The van der Waals surface area contributed by atoms with E-state index in [2.05, 4.69) is 16.7 Å². The second-order valence-corrected chi connectivity index (χ2v) is 8.79. The molecule has 1 fully saturated rings. The van der Waals surface area contributed by atoms with Crippen molar-refractivity contribution in [3.05, 3.63) is 58.6 Å². The number of carbonyl (C=O) groups excluding carboxylic acids is 1. The van der Waals surface area contributed by atoms with Crippen molar-refractivity contribution in [2.24, 2.45) is 7.05 Å². The molecule has 9 heteroatoms. The summed E-state index contributed by atoms with van der Waals surface area (Å²) in [5.41, 5.74) is 3.60. The van der Waals surface area contributed by atoms with Crippen LogP contribution in [0.2, 0.25) is 0 Å². The Kier molecular flexibility index (Phi) is 6.84. The number of ether oxygens (including phenoxy) is 2. The van der Waals surface area contributed by atoms with Crippen molar-refractivity contribution in [1.29, 1.82) is 5.26 Å². The normalized spacial score (nSPS) is 21.5. The van der Waals surface area contributed by atoms with Gasteiger partial charge in [0.05, 0.1) is 18.2 Å². The maximum atomic E-state index is 12.7. The number of carbonyl (C=O) groups is 1. The third-order valence-electron chi connectivity index (χ3n) is 6.19. The summed E-state index contributed by atoms with van der Waals surface area (Å²) < 4.78 is 17.8. The van der Waals surface area contributed by atoms with E-state index in [1.165, 1.54) is 4.57 Å². The maximum Gasteiger partial charge on any atom is 0.419 e. The molecular weight excluding hydrogens is 436 g/mol. The summed E-state index contributed by atoms with van der Waals surface area (Å²) in [5.74, 6) is -0.722. The molecule has 1 saturated heterocycles. The van der Waals surface area contributed by atoms with Crippen molar-refractivity contribution in [2.45, 2.75) is 31.1 Å². The minimum absolute atomic E-state index is 0.284. The minimum atomic E-state index is -0.691. The number of oxazole rings is 1. The van der Waals surface area contributed by atoms with Gasteiger partial charge >= 0.3 is 5.76 Å². The standard InChI is InChI=1S/C25H28N4O5/c1-25(32-3)14-27-13-22(33-15-25)23(30)28-19(12-26)10-16-4-6-17(7-5-16)18-8-9-21-20(11-18)29(2)24(31)34-21/h4-9,11,19,22,27H,10,13-15H2,1-3H3,(H,28,30)/t19-,22-,25-/m0/s1. The van der Waals surface area contributed by atoms with E-state index >= 15 is 0 Å². The van der Waals surface area contributed by atoms with E-state index in [1.54, 1.807) is 20.2 Å². The lowest BCUT2D eigenvalue weighted by Crippen LogP contribution is -2.46. The van der Waals surface area contributed by atoms with E-state index in [9.17, 15) is 14.9 Å². The quantitative estimate of drug-likeness (QED) is 0.570. The molecule has 3 atom stereocenters. The number of benzene rings is 2. The monoisotopic (exact) mass is 464 g/mol. The maximum absolute atomic E-state index is 12.7. The molecule has 0 spiro atoms. The molecule has 9 nitrogen and oxygen atoms in total. The van der Waals surface area contributed by atoms with E-state index < -0.39 is 23.5 Å². The molecule has 2 N–H and O–H groups in total. The Morgan fingerprint density at radius 3 is 2.76 bits per heavy atom. The number of amides is 1. The summed E-state index contributed by atoms with van der Waals surface area (Å²) in [6.07, 6.45) is -0.322. The molecule has 178 valence electrons. The van der Waals surface area contributed by atoms with Gasteiger partial charge in [0, 0.05) is 33.7 Å². The number of methoxy groups -OCH3 is 1. The van der Waals surface area contributed by atoms with Gasteiger partial charge in [0.1, 0.15) is 17.7 Å². The van der Waals surface area contributed by atoms with Crippen LogP contribution in [0.4, 0.5) is 0 Å². The van der Waals surface area contributed by atoms with Gasteiger partial charge in [-0.3, -0.25) is 9.36 Å². The number of nitriles is 1. The van der Waals surface area contributed by atoms with Crippen molar-refractivity contribution < 1.29 is 18.7 Å². The number of fused-ring (bicyclic) bond motifs is 1. The molecule has 2 aromatic carbocycles. The first-order valence-corrected chi connectivity index (χ1v) is 11.1. The highest BCUT2D eigenvalue weighted by Gasteiger charge is 2.32. The van der Waals surface area contributed by atoms with Crippen LogP contribution in [0.25, 0.3) is 22.2 Å². The summed E-state index contributed by atoms with van der Waals surface area (Å²) in [6, 6.07) is 14.8. The second-order valence-electron chi connectivity index (χ2n) is 8.79. The summed E-state index contributed by atoms with van der Waals surface area (Å²) in [7, 11) is 3.28. The van der Waals surface area contributed by atoms with E-state index in [4.69, 9.17) is 13.9 Å². The number of rotatable bonds is 6. The van der Waals surface area contributed by atoms with Gasteiger partial charge in [-0.25, -0.2) is 4.79 Å². The number of aryl methyl sites for hydroxylation is 1. The molecule has 2 heterocycles. The Bertz CT molecular complexity index is 1270. The van der Waals surface area contributed by atoms with E-state index in [0.29, 0.717) is 25.1 Å². The first-order chi connectivity index (χ1) is 16.3. The molecule has 1 amide bonds. The molecule has 1 aromatic heterocycles. The Balaban J connectivity index is 1.40. The highest BCUT2D eigenvalue weighted by atomic mass is 16.5. The van der Waals surface area contributed by atoms with Gasteiger partial charge in [-0.2, -0.15) is 5.26 Å². The largest absolute Gasteiger partial charge is 0.419 e. The van der Waals surface area contributed by atoms with Crippen molar-refractivity contribution in [3.8, 4) is 17.2 Å². The summed E-state index contributed by atoms with van der Waals surface area (Å²) in [5, 5.41) is 15.6. The van der Waals surface area contributed by atoms with Crippen molar-refractivity contribution in [1.82, 2.24) is 15.2 Å². The number of hydrogen-bond donors (Lipinski definition) is 2. The van der Waals surface area contributed by atoms with Gasteiger partial charge in [0.2, 0.25) is 0 Å². The zero-order valence-electron chi connectivity index (χ0n) is 19.5. The van der Waals surface area contributed by atoms with Crippen LogP contribution in [0.3, 0.4) is 0 Å². The lowest BCUT2D eigenvalue weighted by atomic mass is 10.0. The first-order valence-electron chi connectivity index (χ1n) is 11.1. The van der Waals surface area contributed by atoms with Gasteiger partial charge < -0.3 is 24.5 Å². The van der Waals surface area contributed by atoms with E-state index in [0.717, 1.165) is 22.2 Å². The molecule has 0 saturated carbocycles. The molecule has 0 aliphatic carbocycles. The summed E-state index contributed by atoms with van der Waals surface area (Å²) >= 11 is 0. The Hall–Kier alpha value is -3.45. The zero-order chi connectivity index (χ0) is 24.3. The van der Waals surface area contributed by atoms with Crippen LogP contribution in [0.5, 0.6) is 0 Å². The number of aromatic nitrogens is 1. The summed E-state index contributed by atoms with van der Waals surface area (Å²) in [6.45, 7) is 3.12. The summed E-state index contributed by atoms with van der Waals surface area (Å²) in [4.78, 5) is 24.4. The first kappa shape index (κ1) is 23.7. The molecule has 34 heavy (non-hydrogen) atoms. The van der Waals surface area contributed by atoms with Crippen molar-refractivity contribution >= 4 is 17.0 Å². The number of nitrogens with one attached hydrogen (secondary N) is 2. The van der Waals surface area contributed by atoms with Crippen LogP contribution in [-0.4, -0.2) is 55.0 Å². The predicted molar refractivity (Wildman–Crippen MR) is 126 cm³/mol. The lowest BCUT2D eigenvalue weighted by molar-refractivity contribution is -0.136. The molecule has 0 radical (unpaired) electrons. The fourth-order valence-electron chi connectivity index (χ4n) is 3.92. The van der Waals surface area contributed by atoms with Gasteiger partial charge in [-0.05, 0) is 35.7 Å². The topological polar surface area (TPSA) is 119 Å². The van der Waals surface area contributed by atoms with E-state index in [1.807, 2.05) is 43.3 Å². The zero-order valence-corrected chi connectivity index (χ0v) is 19.5. The second kappa shape index (κ2) is 9.81. The Morgan fingerprint density at radius 2 is 2.06 bits per heavy atom. The Morgan fingerprint density at radius 1 is 1.32 bits per heavy atom. The van der Waals surface area contributed by atoms with Crippen molar-refractivity contribution in [2.75, 3.05) is 26.8 Å². The van der Waals surface area contributed by atoms with Crippen LogP contribution >= 0.6 is 0 Å². The molecule has 0 bridgehead atoms. The van der Waals surface area contributed by atoms with Crippen LogP contribution in [-0.2, 0) is 27.7 Å². The number of hydrogen-bond acceptors (Lipinski definition) is 7. The molecule has 3 aromatic rings. The third kappa shape index (κ3) is 5.04. The van der Waals surface area contributed by atoms with Gasteiger partial charge in [-0.15, -0.1) is 0 Å². The fraction of sp³-hybridized carbons (Fsp3) is 0.400. The van der Waals surface area contributed by atoms with Crippen LogP contribution in [0, 0.1) is 11.3 Å². The Labute approximate surface area is 197 Å². The molecule has 4 rings (SSSR count). The minimum Gasteiger partial charge on any atom is -0.408 e. The smallest absolute Gasteiger partial charge is 0.408 e. The van der Waals surface area contributed by atoms with Gasteiger partial charge in [0.15, 0.2) is 5.58 Å². The molecule has 0 unspecified atom stereocenters. The lowest BCUT2D eigenvalue weighted by Gasteiger charge is -2.25. The van der Waals surface area contributed by atoms with Gasteiger partial charge in [0.25, 0.3) is 5.91 Å². The SMILES string of the molecule is CO[C@@]1(C)CNC[C@@H](C(=O)N[C@H](C#N)Cc2ccc(-c3ccc4oc(=O)n(C)c4c3)cc2)OC1. The van der Waals surface area contributed by atoms with Crippen molar-refractivity contribution in [3.63, 3.8) is 0 Å². The average Bonchev–Trinajstić information content (AvgIpc) is 3.00. The van der Waals surface area contributed by atoms with Crippen LogP contribution in [0.1, 0.15) is 12.5 Å². The van der Waals surface area contributed by atoms with Crippen LogP contribution in [0.15, 0.2) is 51.7 Å². The molecule has 1 aliphatic rings. The van der Waals surface area contributed by atoms with Crippen LogP contribution < -0.4 is 16.4 Å². The number of nitrogens with zero attached hydrogens (tertiary/aromatic N) is 2. The van der Waals surface area contributed by atoms with Gasteiger partial charge in [-0.1, -0.05) is 30.3 Å². The fourth-order valence-corrected chi connectivity index (χ4v) is 3.92.